The van der Waals surface area contributed by atoms with E-state index in [2.05, 4.69) is 0 Å². The number of benzene rings is 1. The number of carbonyl (C=O) groups is 2. The Kier molecular flexibility index (Phi) is 4.42. The van der Waals surface area contributed by atoms with Crippen molar-refractivity contribution in [3.05, 3.63) is 35.6 Å². The van der Waals surface area contributed by atoms with Crippen molar-refractivity contribution < 1.29 is 23.8 Å². The van der Waals surface area contributed by atoms with E-state index < -0.39 is 23.2 Å². The van der Waals surface area contributed by atoms with E-state index in [0.717, 1.165) is 6.07 Å². The van der Waals surface area contributed by atoms with E-state index in [1.165, 1.54) is 18.2 Å². The molecular weight excluding hydrogens is 239 g/mol. The monoisotopic (exact) mass is 254 g/mol. The van der Waals surface area contributed by atoms with Crippen LogP contribution >= 0.6 is 0 Å². The minimum Gasteiger partial charge on any atom is -0.480 e. The van der Waals surface area contributed by atoms with Gasteiger partial charge in [-0.2, -0.15) is 0 Å². The van der Waals surface area contributed by atoms with Crippen molar-refractivity contribution in [2.75, 3.05) is 6.61 Å². The van der Waals surface area contributed by atoms with Gasteiger partial charge in [0.15, 0.2) is 5.41 Å². The van der Waals surface area contributed by atoms with Gasteiger partial charge in [-0.1, -0.05) is 19.1 Å². The molecule has 0 heterocycles. The third-order valence-corrected chi connectivity index (χ3v) is 2.84. The molecule has 98 valence electrons. The lowest BCUT2D eigenvalue weighted by Gasteiger charge is -2.26. The fourth-order valence-electron chi connectivity index (χ4n) is 1.84. The Balaban J connectivity index is 3.36. The molecule has 4 nitrogen and oxygen atoms in total. The molecule has 1 aromatic carbocycles. The zero-order valence-electron chi connectivity index (χ0n) is 10.3. The zero-order chi connectivity index (χ0) is 13.8. The number of hydrogen-bond acceptors (Lipinski definition) is 3. The van der Waals surface area contributed by atoms with E-state index in [-0.39, 0.29) is 18.6 Å². The van der Waals surface area contributed by atoms with Crippen LogP contribution in [0, 0.1) is 5.82 Å². The van der Waals surface area contributed by atoms with E-state index in [1.807, 2.05) is 0 Å². The average molecular weight is 254 g/mol. The van der Waals surface area contributed by atoms with Crippen LogP contribution in [0.1, 0.15) is 25.8 Å². The van der Waals surface area contributed by atoms with Crippen LogP contribution in [0.25, 0.3) is 0 Å². The summed E-state index contributed by atoms with van der Waals surface area (Å²) in [5.41, 5.74) is -1.76. The standard InChI is InChI=1S/C13H15FO4/c1-3-13(11(15)16,12(17)18-4-2)9-6-5-7-10(14)8-9/h5-8H,3-4H2,1-2H3,(H,15,16). The van der Waals surface area contributed by atoms with E-state index in [4.69, 9.17) is 4.74 Å². The highest BCUT2D eigenvalue weighted by Gasteiger charge is 2.48. The summed E-state index contributed by atoms with van der Waals surface area (Å²) in [4.78, 5) is 23.4. The van der Waals surface area contributed by atoms with Crippen LogP contribution < -0.4 is 0 Å². The van der Waals surface area contributed by atoms with Gasteiger partial charge in [0.1, 0.15) is 5.82 Å². The maximum absolute atomic E-state index is 13.2. The molecule has 0 aliphatic carbocycles. The average Bonchev–Trinajstić information content (AvgIpc) is 2.30. The predicted octanol–water partition coefficient (Wildman–Crippen LogP) is 2.12. The molecule has 1 aromatic rings. The molecule has 0 spiro atoms. The summed E-state index contributed by atoms with van der Waals surface area (Å²) in [5.74, 6) is -2.80. The Morgan fingerprint density at radius 2 is 2.06 bits per heavy atom. The Labute approximate surface area is 104 Å². The third-order valence-electron chi connectivity index (χ3n) is 2.84. The van der Waals surface area contributed by atoms with E-state index in [1.54, 1.807) is 13.8 Å². The second-order valence-electron chi connectivity index (χ2n) is 3.79. The van der Waals surface area contributed by atoms with Gasteiger partial charge in [0.2, 0.25) is 0 Å². The summed E-state index contributed by atoms with van der Waals surface area (Å²) in [5, 5.41) is 9.34. The Hall–Kier alpha value is -1.91. The second-order valence-corrected chi connectivity index (χ2v) is 3.79. The first kappa shape index (κ1) is 14.2. The van der Waals surface area contributed by atoms with Crippen LogP contribution in [0.3, 0.4) is 0 Å². The summed E-state index contributed by atoms with van der Waals surface area (Å²) in [7, 11) is 0. The zero-order valence-corrected chi connectivity index (χ0v) is 10.3. The van der Waals surface area contributed by atoms with Gasteiger partial charge in [0.05, 0.1) is 6.61 Å². The number of hydrogen-bond donors (Lipinski definition) is 1. The fourth-order valence-corrected chi connectivity index (χ4v) is 1.84. The first-order valence-electron chi connectivity index (χ1n) is 5.65. The summed E-state index contributed by atoms with van der Waals surface area (Å²) in [6.07, 6.45) is -0.00931. The molecule has 0 radical (unpaired) electrons. The smallest absolute Gasteiger partial charge is 0.328 e. The molecule has 0 aliphatic heterocycles. The van der Waals surface area contributed by atoms with Crippen molar-refractivity contribution in [2.45, 2.75) is 25.7 Å². The highest BCUT2D eigenvalue weighted by atomic mass is 19.1. The lowest BCUT2D eigenvalue weighted by molar-refractivity contribution is -0.161. The Morgan fingerprint density at radius 3 is 2.50 bits per heavy atom. The van der Waals surface area contributed by atoms with E-state index in [0.29, 0.717) is 0 Å². The molecule has 0 aromatic heterocycles. The number of carboxylic acid groups (broad SMARTS) is 1. The second kappa shape index (κ2) is 5.62. The van der Waals surface area contributed by atoms with Gasteiger partial charge in [0.25, 0.3) is 0 Å². The first-order chi connectivity index (χ1) is 8.48. The summed E-state index contributed by atoms with van der Waals surface area (Å²) in [6, 6.07) is 5.03. The van der Waals surface area contributed by atoms with Crippen LogP contribution in [0.4, 0.5) is 4.39 Å². The summed E-state index contributed by atoms with van der Waals surface area (Å²) < 4.78 is 18.0. The van der Waals surface area contributed by atoms with Crippen molar-refractivity contribution in [1.82, 2.24) is 0 Å². The van der Waals surface area contributed by atoms with Gasteiger partial charge in [-0.15, -0.1) is 0 Å². The van der Waals surface area contributed by atoms with Gasteiger partial charge < -0.3 is 9.84 Å². The van der Waals surface area contributed by atoms with Crippen LogP contribution in [0.2, 0.25) is 0 Å². The predicted molar refractivity (Wildman–Crippen MR) is 62.6 cm³/mol. The van der Waals surface area contributed by atoms with E-state index in [9.17, 15) is 19.1 Å². The van der Waals surface area contributed by atoms with Crippen molar-refractivity contribution in [1.29, 1.82) is 0 Å². The number of carbonyl (C=O) groups excluding carboxylic acids is 1. The first-order valence-corrected chi connectivity index (χ1v) is 5.65. The molecule has 1 atom stereocenters. The molecule has 0 amide bonds. The van der Waals surface area contributed by atoms with Crippen LogP contribution in [0.5, 0.6) is 0 Å². The molecule has 1 unspecified atom stereocenters. The van der Waals surface area contributed by atoms with Gasteiger partial charge in [-0.3, -0.25) is 9.59 Å². The Morgan fingerprint density at radius 1 is 1.39 bits per heavy atom. The molecule has 0 saturated carbocycles. The molecular formula is C13H15FO4. The minimum absolute atomic E-state index is 0.00931. The number of rotatable bonds is 5. The topological polar surface area (TPSA) is 63.6 Å². The maximum atomic E-state index is 13.2. The number of aliphatic carboxylic acids is 1. The SMILES string of the molecule is CCOC(=O)C(CC)(C(=O)O)c1cccc(F)c1. The normalized spacial score (nSPS) is 13.7. The van der Waals surface area contributed by atoms with Crippen molar-refractivity contribution in [3.8, 4) is 0 Å². The lowest BCUT2D eigenvalue weighted by atomic mass is 9.78. The van der Waals surface area contributed by atoms with Gasteiger partial charge >= 0.3 is 11.9 Å². The van der Waals surface area contributed by atoms with Crippen LogP contribution in [-0.2, 0) is 19.7 Å². The Bertz CT molecular complexity index is 458. The molecule has 0 saturated heterocycles. The largest absolute Gasteiger partial charge is 0.480 e. The van der Waals surface area contributed by atoms with Gasteiger partial charge in [-0.25, -0.2) is 4.39 Å². The molecule has 1 rings (SSSR count). The molecule has 5 heteroatoms. The molecule has 18 heavy (non-hydrogen) atoms. The fraction of sp³-hybridized carbons (Fsp3) is 0.385. The highest BCUT2D eigenvalue weighted by molar-refractivity contribution is 6.05. The van der Waals surface area contributed by atoms with Gasteiger partial charge in [0, 0.05) is 0 Å². The number of ether oxygens (including phenoxy) is 1. The molecule has 0 bridgehead atoms. The molecule has 0 fully saturated rings. The van der Waals surface area contributed by atoms with Crippen LogP contribution in [-0.4, -0.2) is 23.7 Å². The number of halogens is 1. The summed E-state index contributed by atoms with van der Waals surface area (Å²) in [6.45, 7) is 3.21. The van der Waals surface area contributed by atoms with E-state index >= 15 is 0 Å². The quantitative estimate of drug-likeness (QED) is 0.645. The maximum Gasteiger partial charge on any atom is 0.328 e. The summed E-state index contributed by atoms with van der Waals surface area (Å²) >= 11 is 0. The molecule has 1 N–H and O–H groups in total. The number of carboxylic acids is 1. The van der Waals surface area contributed by atoms with Crippen molar-refractivity contribution >= 4 is 11.9 Å². The molecule has 0 aliphatic rings. The lowest BCUT2D eigenvalue weighted by Crippen LogP contribution is -2.44. The highest BCUT2D eigenvalue weighted by Crippen LogP contribution is 2.30. The van der Waals surface area contributed by atoms with Crippen molar-refractivity contribution in [2.24, 2.45) is 0 Å². The van der Waals surface area contributed by atoms with Crippen LogP contribution in [0.15, 0.2) is 24.3 Å². The van der Waals surface area contributed by atoms with Gasteiger partial charge in [-0.05, 0) is 31.0 Å². The number of esters is 1. The minimum atomic E-state index is -1.85. The van der Waals surface area contributed by atoms with Crippen molar-refractivity contribution in [3.63, 3.8) is 0 Å². The third kappa shape index (κ3) is 2.34.